The van der Waals surface area contributed by atoms with E-state index in [0.717, 1.165) is 0 Å². The topological polar surface area (TPSA) is 63.2 Å². The van der Waals surface area contributed by atoms with E-state index in [1.54, 1.807) is 24.3 Å². The maximum atomic E-state index is 11.8. The summed E-state index contributed by atoms with van der Waals surface area (Å²) >= 11 is 5.72. The van der Waals surface area contributed by atoms with Crippen molar-refractivity contribution in [2.45, 2.75) is 6.42 Å². The molecule has 2 rings (SSSR count). The van der Waals surface area contributed by atoms with E-state index in [1.165, 1.54) is 0 Å². The summed E-state index contributed by atoms with van der Waals surface area (Å²) in [4.78, 5) is 11.8. The molecule has 0 unspecified atom stereocenters. The normalized spacial score (nSPS) is 22.3. The lowest BCUT2D eigenvalue weighted by Crippen LogP contribution is -2.23. The van der Waals surface area contributed by atoms with Gasteiger partial charge in [-0.3, -0.25) is 4.79 Å². The largest absolute Gasteiger partial charge is 0.326 e. The van der Waals surface area contributed by atoms with Gasteiger partial charge in [-0.1, -0.05) is 11.6 Å². The van der Waals surface area contributed by atoms with Crippen LogP contribution in [0.5, 0.6) is 0 Å². The van der Waals surface area contributed by atoms with Crippen LogP contribution in [0.3, 0.4) is 0 Å². The molecule has 17 heavy (non-hydrogen) atoms. The standard InChI is InChI=1S/C11H12ClNO3S/c12-9-1-3-10(4-2-9)13-11(14)8-5-6-17(15,16)7-8/h1-4,8H,5-7H2,(H,13,14)/t8-/m1/s1. The van der Waals surface area contributed by atoms with E-state index in [-0.39, 0.29) is 17.4 Å². The molecule has 92 valence electrons. The number of rotatable bonds is 2. The highest BCUT2D eigenvalue weighted by Crippen LogP contribution is 2.21. The Morgan fingerprint density at radius 3 is 2.47 bits per heavy atom. The molecular formula is C11H12ClNO3S. The van der Waals surface area contributed by atoms with E-state index in [9.17, 15) is 13.2 Å². The summed E-state index contributed by atoms with van der Waals surface area (Å²) < 4.78 is 22.5. The summed E-state index contributed by atoms with van der Waals surface area (Å²) in [7, 11) is -3.02. The van der Waals surface area contributed by atoms with E-state index in [0.29, 0.717) is 17.1 Å². The third-order valence-electron chi connectivity index (χ3n) is 2.71. The molecule has 0 radical (unpaired) electrons. The van der Waals surface area contributed by atoms with Crippen molar-refractivity contribution >= 4 is 33.0 Å². The van der Waals surface area contributed by atoms with Crippen LogP contribution in [0.2, 0.25) is 5.02 Å². The Balaban J connectivity index is 2.01. The Morgan fingerprint density at radius 2 is 1.94 bits per heavy atom. The number of halogens is 1. The van der Waals surface area contributed by atoms with Crippen molar-refractivity contribution in [1.82, 2.24) is 0 Å². The highest BCUT2D eigenvalue weighted by Gasteiger charge is 2.32. The van der Waals surface area contributed by atoms with Gasteiger partial charge in [0.15, 0.2) is 9.84 Å². The lowest BCUT2D eigenvalue weighted by molar-refractivity contribution is -0.119. The Morgan fingerprint density at radius 1 is 1.29 bits per heavy atom. The number of nitrogens with one attached hydrogen (secondary N) is 1. The molecule has 4 nitrogen and oxygen atoms in total. The van der Waals surface area contributed by atoms with Crippen LogP contribution >= 0.6 is 11.6 Å². The first-order valence-corrected chi connectivity index (χ1v) is 7.43. The summed E-state index contributed by atoms with van der Waals surface area (Å²) in [6.07, 6.45) is 0.405. The van der Waals surface area contributed by atoms with E-state index >= 15 is 0 Å². The Kier molecular flexibility index (Phi) is 3.40. The highest BCUT2D eigenvalue weighted by molar-refractivity contribution is 7.91. The zero-order chi connectivity index (χ0) is 12.5. The highest BCUT2D eigenvalue weighted by atomic mass is 35.5. The van der Waals surface area contributed by atoms with E-state index in [2.05, 4.69) is 5.32 Å². The molecular weight excluding hydrogens is 262 g/mol. The third kappa shape index (κ3) is 3.20. The van der Waals surface area contributed by atoms with Crippen molar-refractivity contribution in [1.29, 1.82) is 0 Å². The van der Waals surface area contributed by atoms with Crippen LogP contribution in [0, 0.1) is 5.92 Å². The summed E-state index contributed by atoms with van der Waals surface area (Å²) in [5.74, 6) is -0.623. The second-order valence-corrected chi connectivity index (χ2v) is 6.76. The quantitative estimate of drug-likeness (QED) is 0.892. The van der Waals surface area contributed by atoms with Crippen LogP contribution in [0.1, 0.15) is 6.42 Å². The summed E-state index contributed by atoms with van der Waals surface area (Å²) in [6.45, 7) is 0. The van der Waals surface area contributed by atoms with Crippen molar-refractivity contribution in [2.75, 3.05) is 16.8 Å². The number of benzene rings is 1. The minimum Gasteiger partial charge on any atom is -0.326 e. The molecule has 0 aromatic heterocycles. The monoisotopic (exact) mass is 273 g/mol. The molecule has 0 saturated carbocycles. The summed E-state index contributed by atoms with van der Waals surface area (Å²) in [6, 6.07) is 6.71. The minimum atomic E-state index is -3.02. The van der Waals surface area contributed by atoms with Gasteiger partial charge in [0.05, 0.1) is 17.4 Å². The fourth-order valence-corrected chi connectivity index (χ4v) is 3.65. The summed E-state index contributed by atoms with van der Waals surface area (Å²) in [5, 5.41) is 3.28. The molecule has 1 heterocycles. The van der Waals surface area contributed by atoms with Gasteiger partial charge >= 0.3 is 0 Å². The molecule has 1 aromatic carbocycles. The number of hydrogen-bond donors (Lipinski definition) is 1. The minimum absolute atomic E-state index is 0.0492. The van der Waals surface area contributed by atoms with Gasteiger partial charge in [-0.05, 0) is 30.7 Å². The van der Waals surface area contributed by atoms with Gasteiger partial charge in [0.25, 0.3) is 0 Å². The van der Waals surface area contributed by atoms with Crippen molar-refractivity contribution in [3.05, 3.63) is 29.3 Å². The second kappa shape index (κ2) is 4.66. The van der Waals surface area contributed by atoms with Crippen LogP contribution in [-0.4, -0.2) is 25.8 Å². The zero-order valence-corrected chi connectivity index (χ0v) is 10.6. The first-order valence-electron chi connectivity index (χ1n) is 5.23. The van der Waals surface area contributed by atoms with Crippen molar-refractivity contribution in [2.24, 2.45) is 5.92 Å². The van der Waals surface area contributed by atoms with Gasteiger partial charge in [-0.15, -0.1) is 0 Å². The first-order chi connectivity index (χ1) is 7.96. The summed E-state index contributed by atoms with van der Waals surface area (Å²) in [5.41, 5.74) is 0.628. The zero-order valence-electron chi connectivity index (χ0n) is 9.02. The molecule has 1 aromatic rings. The van der Waals surface area contributed by atoms with Crippen molar-refractivity contribution in [3.63, 3.8) is 0 Å². The molecule has 0 aliphatic carbocycles. The average Bonchev–Trinajstić information content (AvgIpc) is 2.62. The number of carbonyl (C=O) groups excluding carboxylic acids is 1. The van der Waals surface area contributed by atoms with Crippen LogP contribution in [-0.2, 0) is 14.6 Å². The van der Waals surface area contributed by atoms with Gasteiger partial charge < -0.3 is 5.32 Å². The fraction of sp³-hybridized carbons (Fsp3) is 0.364. The number of anilines is 1. The SMILES string of the molecule is O=C(Nc1ccc(Cl)cc1)[C@@H]1CCS(=O)(=O)C1. The van der Waals surface area contributed by atoms with Crippen LogP contribution < -0.4 is 5.32 Å². The molecule has 1 fully saturated rings. The molecule has 0 spiro atoms. The smallest absolute Gasteiger partial charge is 0.228 e. The molecule has 1 aliphatic rings. The Bertz CT molecular complexity index is 524. The molecule has 6 heteroatoms. The predicted molar refractivity (Wildman–Crippen MR) is 66.8 cm³/mol. The van der Waals surface area contributed by atoms with Crippen molar-refractivity contribution < 1.29 is 13.2 Å². The van der Waals surface area contributed by atoms with Crippen LogP contribution in [0.15, 0.2) is 24.3 Å². The van der Waals surface area contributed by atoms with E-state index in [1.807, 2.05) is 0 Å². The number of sulfone groups is 1. The van der Waals surface area contributed by atoms with Gasteiger partial charge in [0.1, 0.15) is 0 Å². The number of hydrogen-bond acceptors (Lipinski definition) is 3. The van der Waals surface area contributed by atoms with Gasteiger partial charge in [-0.2, -0.15) is 0 Å². The molecule has 1 N–H and O–H groups in total. The Hall–Kier alpha value is -1.07. The van der Waals surface area contributed by atoms with Gasteiger partial charge in [-0.25, -0.2) is 8.42 Å². The lowest BCUT2D eigenvalue weighted by Gasteiger charge is -2.09. The van der Waals surface area contributed by atoms with E-state index in [4.69, 9.17) is 11.6 Å². The molecule has 1 amide bonds. The maximum absolute atomic E-state index is 11.8. The number of carbonyl (C=O) groups is 1. The van der Waals surface area contributed by atoms with Gasteiger partial charge in [0, 0.05) is 10.7 Å². The first kappa shape index (κ1) is 12.4. The maximum Gasteiger partial charge on any atom is 0.228 e. The molecule has 1 saturated heterocycles. The number of amides is 1. The molecule has 0 bridgehead atoms. The molecule has 1 aliphatic heterocycles. The van der Waals surface area contributed by atoms with Crippen LogP contribution in [0.4, 0.5) is 5.69 Å². The lowest BCUT2D eigenvalue weighted by atomic mass is 10.1. The van der Waals surface area contributed by atoms with Gasteiger partial charge in [0.2, 0.25) is 5.91 Å². The second-order valence-electron chi connectivity index (χ2n) is 4.10. The molecule has 1 atom stereocenters. The van der Waals surface area contributed by atoms with Crippen molar-refractivity contribution in [3.8, 4) is 0 Å². The Labute approximate surface area is 105 Å². The van der Waals surface area contributed by atoms with E-state index < -0.39 is 15.8 Å². The third-order valence-corrected chi connectivity index (χ3v) is 4.73. The predicted octanol–water partition coefficient (Wildman–Crippen LogP) is 1.71. The average molecular weight is 274 g/mol. The fourth-order valence-electron chi connectivity index (χ4n) is 1.78. The van der Waals surface area contributed by atoms with Crippen LogP contribution in [0.25, 0.3) is 0 Å².